The van der Waals surface area contributed by atoms with Crippen LogP contribution in [0.5, 0.6) is 0 Å². The first kappa shape index (κ1) is 11.6. The number of rotatable bonds is 2. The molecule has 2 rings (SSSR count). The fourth-order valence-corrected chi connectivity index (χ4v) is 2.35. The largest absolute Gasteiger partial charge is 0.369 e. The number of nitro groups is 1. The summed E-state index contributed by atoms with van der Waals surface area (Å²) >= 11 is 6.48. The van der Waals surface area contributed by atoms with Crippen LogP contribution in [0.3, 0.4) is 0 Å². The molecule has 0 aliphatic carbocycles. The normalized spacial score (nSPS) is 10.4. The van der Waals surface area contributed by atoms with Gasteiger partial charge in [0, 0.05) is 18.5 Å². The molecule has 0 saturated carbocycles. The van der Waals surface area contributed by atoms with E-state index in [2.05, 4.69) is 4.98 Å². The summed E-state index contributed by atoms with van der Waals surface area (Å²) in [5.74, 6) is -0.484. The molecule has 0 bridgehead atoms. The van der Waals surface area contributed by atoms with Gasteiger partial charge in [0.15, 0.2) is 4.34 Å². The molecule has 7 nitrogen and oxygen atoms in total. The number of carbonyl (C=O) groups excluding carboxylic acids is 1. The molecular weight excluding hydrogens is 268 g/mol. The zero-order valence-corrected chi connectivity index (χ0v) is 9.73. The maximum atomic E-state index is 11.9. The van der Waals surface area contributed by atoms with E-state index in [9.17, 15) is 14.9 Å². The van der Waals surface area contributed by atoms with E-state index in [1.807, 2.05) is 0 Å². The van der Waals surface area contributed by atoms with Crippen LogP contribution in [0.25, 0.3) is 0 Å². The van der Waals surface area contributed by atoms with Crippen LogP contribution in [0.1, 0.15) is 9.67 Å². The first-order valence-corrected chi connectivity index (χ1v) is 5.47. The van der Waals surface area contributed by atoms with Crippen molar-refractivity contribution in [3.8, 4) is 0 Å². The average Bonchev–Trinajstić information content (AvgIpc) is 2.83. The summed E-state index contributed by atoms with van der Waals surface area (Å²) in [4.78, 5) is 25.6. The third-order valence-corrected chi connectivity index (χ3v) is 3.29. The number of carbonyl (C=O) groups is 1. The molecule has 0 aliphatic heterocycles. The molecule has 2 aromatic rings. The highest BCUT2D eigenvalue weighted by Crippen LogP contribution is 2.34. The third kappa shape index (κ3) is 1.99. The van der Waals surface area contributed by atoms with Crippen molar-refractivity contribution in [2.24, 2.45) is 0 Å². The maximum absolute atomic E-state index is 11.9. The Morgan fingerprint density at radius 2 is 2.35 bits per heavy atom. The van der Waals surface area contributed by atoms with Crippen molar-refractivity contribution in [1.82, 2.24) is 9.55 Å². The number of nitrogens with zero attached hydrogens (tertiary/aromatic N) is 3. The molecule has 0 fully saturated rings. The number of imidazole rings is 1. The lowest BCUT2D eigenvalue weighted by Crippen LogP contribution is -2.12. The molecule has 2 aromatic heterocycles. The minimum atomic E-state index is -0.646. The van der Waals surface area contributed by atoms with Crippen LogP contribution in [-0.2, 0) is 0 Å². The quantitative estimate of drug-likeness (QED) is 0.663. The third-order valence-electron chi connectivity index (χ3n) is 1.96. The molecule has 9 heteroatoms. The van der Waals surface area contributed by atoms with E-state index in [-0.39, 0.29) is 20.8 Å². The van der Waals surface area contributed by atoms with Gasteiger partial charge >= 0.3 is 0 Å². The van der Waals surface area contributed by atoms with Gasteiger partial charge in [-0.3, -0.25) is 19.5 Å². The van der Waals surface area contributed by atoms with Gasteiger partial charge in [-0.15, -0.1) is 11.3 Å². The Morgan fingerprint density at radius 1 is 1.65 bits per heavy atom. The van der Waals surface area contributed by atoms with Gasteiger partial charge in [0.25, 0.3) is 11.6 Å². The Kier molecular flexibility index (Phi) is 2.82. The van der Waals surface area contributed by atoms with Crippen molar-refractivity contribution in [2.75, 3.05) is 5.73 Å². The Bertz CT molecular complexity index is 606. The predicted octanol–water partition coefficient (Wildman–Crippen LogP) is 1.78. The number of hydrogen-bond acceptors (Lipinski definition) is 6. The minimum absolute atomic E-state index is 0.0159. The minimum Gasteiger partial charge on any atom is -0.369 e. The highest BCUT2D eigenvalue weighted by atomic mass is 35.5. The van der Waals surface area contributed by atoms with Gasteiger partial charge in [-0.25, -0.2) is 4.98 Å². The summed E-state index contributed by atoms with van der Waals surface area (Å²) in [6.07, 6.45) is 2.73. The highest BCUT2D eigenvalue weighted by molar-refractivity contribution is 7.18. The molecule has 0 amide bonds. The van der Waals surface area contributed by atoms with Crippen molar-refractivity contribution in [3.05, 3.63) is 37.8 Å². The van der Waals surface area contributed by atoms with Crippen molar-refractivity contribution < 1.29 is 9.72 Å². The maximum Gasteiger partial charge on any atom is 0.299 e. The smallest absolute Gasteiger partial charge is 0.299 e. The molecular formula is C8H5ClN4O3S. The average molecular weight is 273 g/mol. The monoisotopic (exact) mass is 272 g/mol. The van der Waals surface area contributed by atoms with E-state index in [0.29, 0.717) is 0 Å². The lowest BCUT2D eigenvalue weighted by atomic mass is 10.4. The Labute approximate surface area is 104 Å². The number of thiophene rings is 1. The summed E-state index contributed by atoms with van der Waals surface area (Å²) in [5, 5.41) is 10.6. The molecule has 2 N–H and O–H groups in total. The molecule has 0 unspecified atom stereocenters. The van der Waals surface area contributed by atoms with Gasteiger partial charge < -0.3 is 5.73 Å². The molecule has 0 radical (unpaired) electrons. The van der Waals surface area contributed by atoms with Crippen molar-refractivity contribution in [3.63, 3.8) is 0 Å². The number of nitrogen functional groups attached to an aromatic ring is 1. The lowest BCUT2D eigenvalue weighted by Gasteiger charge is -1.98. The molecule has 17 heavy (non-hydrogen) atoms. The van der Waals surface area contributed by atoms with Gasteiger partial charge in [-0.1, -0.05) is 11.6 Å². The van der Waals surface area contributed by atoms with Gasteiger partial charge in [-0.05, 0) is 0 Å². The van der Waals surface area contributed by atoms with Crippen LogP contribution >= 0.6 is 22.9 Å². The zero-order valence-electron chi connectivity index (χ0n) is 8.16. The molecule has 0 aliphatic rings. The molecule has 2 heterocycles. The van der Waals surface area contributed by atoms with Crippen LogP contribution in [0.15, 0.2) is 18.5 Å². The summed E-state index contributed by atoms with van der Waals surface area (Å²) in [7, 11) is 0. The highest BCUT2D eigenvalue weighted by Gasteiger charge is 2.22. The lowest BCUT2D eigenvalue weighted by molar-refractivity contribution is -0.384. The topological polar surface area (TPSA) is 104 Å². The van der Waals surface area contributed by atoms with E-state index in [1.165, 1.54) is 12.4 Å². The van der Waals surface area contributed by atoms with E-state index in [0.717, 1.165) is 22.0 Å². The second-order valence-corrected chi connectivity index (χ2v) is 4.64. The number of halogens is 1. The number of anilines is 1. The number of aromatic nitrogens is 2. The second-order valence-electron chi connectivity index (χ2n) is 2.99. The molecule has 0 saturated heterocycles. The SMILES string of the molecule is Nc1nccn1C(=O)c1cc([N+](=O)[O-])c(Cl)s1. The van der Waals surface area contributed by atoms with E-state index < -0.39 is 10.8 Å². The Hall–Kier alpha value is -1.93. The number of nitrogens with two attached hydrogens (primary N) is 1. The van der Waals surface area contributed by atoms with Crippen LogP contribution in [-0.4, -0.2) is 20.4 Å². The summed E-state index contributed by atoms with van der Waals surface area (Å²) in [6, 6.07) is 1.12. The summed E-state index contributed by atoms with van der Waals surface area (Å²) in [6.45, 7) is 0. The van der Waals surface area contributed by atoms with E-state index >= 15 is 0 Å². The molecule has 0 spiro atoms. The predicted molar refractivity (Wildman–Crippen MR) is 62.4 cm³/mol. The van der Waals surface area contributed by atoms with Gasteiger partial charge in [0.1, 0.15) is 4.88 Å². The number of hydrogen-bond donors (Lipinski definition) is 1. The summed E-state index contributed by atoms with van der Waals surface area (Å²) in [5.41, 5.74) is 5.16. The van der Waals surface area contributed by atoms with Crippen LogP contribution in [0.4, 0.5) is 11.6 Å². The Balaban J connectivity index is 2.42. The first-order valence-electron chi connectivity index (χ1n) is 4.28. The fourth-order valence-electron chi connectivity index (χ4n) is 1.19. The standard InChI is InChI=1S/C8H5ClN4O3S/c9-6-4(13(15)16)3-5(17-6)7(14)12-2-1-11-8(12)10/h1-3H,(H2,10,11). The second kappa shape index (κ2) is 4.15. The zero-order chi connectivity index (χ0) is 12.6. The first-order chi connectivity index (χ1) is 8.00. The van der Waals surface area contributed by atoms with E-state index in [1.54, 1.807) is 0 Å². The van der Waals surface area contributed by atoms with Crippen molar-refractivity contribution >= 4 is 40.5 Å². The van der Waals surface area contributed by atoms with Crippen LogP contribution < -0.4 is 5.73 Å². The van der Waals surface area contributed by atoms with Crippen molar-refractivity contribution in [2.45, 2.75) is 0 Å². The molecule has 0 aromatic carbocycles. The van der Waals surface area contributed by atoms with Crippen LogP contribution in [0.2, 0.25) is 4.34 Å². The van der Waals surface area contributed by atoms with Gasteiger partial charge in [0.05, 0.1) is 4.92 Å². The van der Waals surface area contributed by atoms with Gasteiger partial charge in [0.2, 0.25) is 5.95 Å². The molecule has 0 atom stereocenters. The Morgan fingerprint density at radius 3 is 2.82 bits per heavy atom. The van der Waals surface area contributed by atoms with Gasteiger partial charge in [-0.2, -0.15) is 0 Å². The van der Waals surface area contributed by atoms with Crippen LogP contribution in [0, 0.1) is 10.1 Å². The van der Waals surface area contributed by atoms with Crippen molar-refractivity contribution in [1.29, 1.82) is 0 Å². The summed E-state index contributed by atoms with van der Waals surface area (Å²) < 4.78 is 1.04. The fraction of sp³-hybridized carbons (Fsp3) is 0. The molecule has 88 valence electrons. The van der Waals surface area contributed by atoms with E-state index in [4.69, 9.17) is 17.3 Å².